The van der Waals surface area contributed by atoms with Crippen LogP contribution in [-0.4, -0.2) is 60.8 Å². The number of hydrogen-bond donors (Lipinski definition) is 2. The number of thioether (sulfide) groups is 1. The summed E-state index contributed by atoms with van der Waals surface area (Å²) in [5.41, 5.74) is 0. The summed E-state index contributed by atoms with van der Waals surface area (Å²) >= 11 is 1.38. The highest BCUT2D eigenvalue weighted by molar-refractivity contribution is 8.13. The highest BCUT2D eigenvalue weighted by atomic mass is 32.2. The largest absolute Gasteiger partial charge is 0.353 e. The van der Waals surface area contributed by atoms with Gasteiger partial charge < -0.3 is 15.5 Å². The van der Waals surface area contributed by atoms with Crippen LogP contribution in [0.15, 0.2) is 0 Å². The van der Waals surface area contributed by atoms with Gasteiger partial charge in [0.2, 0.25) is 11.8 Å². The molecule has 0 bridgehead atoms. The molecule has 0 aromatic carbocycles. The molecule has 0 spiro atoms. The van der Waals surface area contributed by atoms with Crippen molar-refractivity contribution in [1.82, 2.24) is 15.5 Å². The Morgan fingerprint density at radius 3 is 1.58 bits per heavy atom. The van der Waals surface area contributed by atoms with Gasteiger partial charge in [-0.3, -0.25) is 14.4 Å². The summed E-state index contributed by atoms with van der Waals surface area (Å²) in [6.07, 6.45) is 23.0. The van der Waals surface area contributed by atoms with Crippen LogP contribution >= 0.6 is 11.8 Å². The molecule has 2 N–H and O–H groups in total. The van der Waals surface area contributed by atoms with Crippen LogP contribution < -0.4 is 10.6 Å². The SMILES string of the molecule is CCCCCCCCC(CCCCCC)C(=O)SCCC(NC(=O)C(CCCC)CCCCCC)C(=O)NCCN(C)C. The number of amides is 2. The van der Waals surface area contributed by atoms with Gasteiger partial charge in [0.1, 0.15) is 6.04 Å². The Balaban J connectivity index is 5.24. The molecule has 0 saturated carbocycles. The lowest BCUT2D eigenvalue weighted by Gasteiger charge is -2.23. The van der Waals surface area contributed by atoms with Gasteiger partial charge in [-0.25, -0.2) is 0 Å². The van der Waals surface area contributed by atoms with Gasteiger partial charge in [-0.2, -0.15) is 0 Å². The molecule has 7 heteroatoms. The third kappa shape index (κ3) is 23.9. The number of unbranched alkanes of at least 4 members (excludes halogenated alkanes) is 12. The molecule has 0 aliphatic heterocycles. The van der Waals surface area contributed by atoms with Gasteiger partial charge >= 0.3 is 0 Å². The van der Waals surface area contributed by atoms with Crippen molar-refractivity contribution >= 4 is 28.7 Å². The summed E-state index contributed by atoms with van der Waals surface area (Å²) < 4.78 is 0. The third-order valence-electron chi connectivity index (χ3n) is 8.47. The minimum atomic E-state index is -0.601. The van der Waals surface area contributed by atoms with Crippen molar-refractivity contribution in [3.63, 3.8) is 0 Å². The van der Waals surface area contributed by atoms with Crippen molar-refractivity contribution in [3.05, 3.63) is 0 Å². The fourth-order valence-corrected chi connectivity index (χ4v) is 6.55. The van der Waals surface area contributed by atoms with Crippen LogP contribution in [0.1, 0.15) is 163 Å². The molecule has 0 heterocycles. The van der Waals surface area contributed by atoms with Crippen molar-refractivity contribution in [1.29, 1.82) is 0 Å². The Labute approximate surface area is 271 Å². The average molecular weight is 626 g/mol. The molecule has 3 atom stereocenters. The zero-order valence-electron chi connectivity index (χ0n) is 29.3. The van der Waals surface area contributed by atoms with Crippen LogP contribution in [0.4, 0.5) is 0 Å². The molecule has 0 fully saturated rings. The summed E-state index contributed by atoms with van der Waals surface area (Å²) in [5, 5.41) is 6.42. The molecule has 0 aliphatic rings. The molecular weight excluding hydrogens is 554 g/mol. The van der Waals surface area contributed by atoms with Crippen LogP contribution in [-0.2, 0) is 14.4 Å². The number of rotatable bonds is 30. The zero-order chi connectivity index (χ0) is 32.1. The molecular formula is C36H71N3O3S. The minimum Gasteiger partial charge on any atom is -0.353 e. The smallest absolute Gasteiger partial charge is 0.242 e. The number of nitrogens with zero attached hydrogens (tertiary/aromatic N) is 1. The molecule has 0 saturated heterocycles. The van der Waals surface area contributed by atoms with E-state index in [9.17, 15) is 14.4 Å². The Morgan fingerprint density at radius 1 is 0.581 bits per heavy atom. The third-order valence-corrected chi connectivity index (χ3v) is 9.53. The summed E-state index contributed by atoms with van der Waals surface area (Å²) in [5.74, 6) is 0.491. The van der Waals surface area contributed by atoms with Crippen molar-refractivity contribution in [3.8, 4) is 0 Å². The molecule has 6 nitrogen and oxygen atoms in total. The normalized spacial score (nSPS) is 13.6. The van der Waals surface area contributed by atoms with E-state index in [1.165, 1.54) is 76.0 Å². The Morgan fingerprint density at radius 2 is 1.05 bits per heavy atom. The number of hydrogen-bond acceptors (Lipinski definition) is 5. The molecule has 43 heavy (non-hydrogen) atoms. The van der Waals surface area contributed by atoms with E-state index in [0.717, 1.165) is 70.8 Å². The maximum Gasteiger partial charge on any atom is 0.242 e. The van der Waals surface area contributed by atoms with E-state index < -0.39 is 6.04 Å². The second-order valence-electron chi connectivity index (χ2n) is 12.9. The number of carbonyl (C=O) groups excluding carboxylic acids is 3. The van der Waals surface area contributed by atoms with E-state index >= 15 is 0 Å². The van der Waals surface area contributed by atoms with Gasteiger partial charge in [-0.05, 0) is 46.2 Å². The van der Waals surface area contributed by atoms with E-state index in [4.69, 9.17) is 0 Å². The predicted octanol–water partition coefficient (Wildman–Crippen LogP) is 8.91. The average Bonchev–Trinajstić information content (AvgIpc) is 2.98. The lowest BCUT2D eigenvalue weighted by molar-refractivity contribution is -0.131. The first kappa shape index (κ1) is 41.9. The standard InChI is InChI=1S/C36H71N3O3S/c1-7-11-15-18-19-22-26-32(25-21-17-13-9-3)36(42)43-30-27-33(35(41)37-28-29-39(5)6)38-34(40)31(23-14-10-4)24-20-16-12-8-2/h31-33H,7-30H2,1-6H3,(H,37,41)(H,38,40). The van der Waals surface area contributed by atoms with Gasteiger partial charge in [0.15, 0.2) is 5.12 Å². The van der Waals surface area contributed by atoms with Crippen LogP contribution in [0.5, 0.6) is 0 Å². The Bertz CT molecular complexity index is 689. The molecule has 0 rings (SSSR count). The Kier molecular flexibility index (Phi) is 28.9. The second-order valence-corrected chi connectivity index (χ2v) is 14.0. The van der Waals surface area contributed by atoms with Gasteiger partial charge in [0.25, 0.3) is 0 Å². The topological polar surface area (TPSA) is 78.5 Å². The summed E-state index contributed by atoms with van der Waals surface area (Å²) in [6, 6.07) is -0.601. The van der Waals surface area contributed by atoms with Crippen LogP contribution in [0, 0.1) is 11.8 Å². The first-order chi connectivity index (χ1) is 20.8. The van der Waals surface area contributed by atoms with E-state index in [2.05, 4.69) is 38.3 Å². The monoisotopic (exact) mass is 626 g/mol. The highest BCUT2D eigenvalue weighted by Crippen LogP contribution is 2.25. The first-order valence-electron chi connectivity index (χ1n) is 18.2. The maximum atomic E-state index is 13.4. The molecule has 0 aliphatic carbocycles. The van der Waals surface area contributed by atoms with E-state index in [-0.39, 0.29) is 28.8 Å². The van der Waals surface area contributed by atoms with Crippen LogP contribution in [0.3, 0.4) is 0 Å². The van der Waals surface area contributed by atoms with E-state index in [1.54, 1.807) is 0 Å². The van der Waals surface area contributed by atoms with Crippen molar-refractivity contribution in [2.75, 3.05) is 32.9 Å². The number of nitrogens with one attached hydrogen (secondary N) is 2. The lowest BCUT2D eigenvalue weighted by atomic mass is 9.94. The molecule has 0 radical (unpaired) electrons. The fraction of sp³-hybridized carbons (Fsp3) is 0.917. The molecule has 2 amide bonds. The van der Waals surface area contributed by atoms with Gasteiger partial charge in [0, 0.05) is 30.7 Å². The zero-order valence-corrected chi connectivity index (χ0v) is 30.1. The van der Waals surface area contributed by atoms with Gasteiger partial charge in [-0.15, -0.1) is 0 Å². The van der Waals surface area contributed by atoms with Gasteiger partial charge in [-0.1, -0.05) is 142 Å². The van der Waals surface area contributed by atoms with Crippen molar-refractivity contribution < 1.29 is 14.4 Å². The minimum absolute atomic E-state index is 0.00547. The summed E-state index contributed by atoms with van der Waals surface area (Å²) in [4.78, 5) is 42.0. The first-order valence-corrected chi connectivity index (χ1v) is 19.2. The number of carbonyl (C=O) groups is 3. The lowest BCUT2D eigenvalue weighted by Crippen LogP contribution is -2.49. The summed E-state index contributed by atoms with van der Waals surface area (Å²) in [6.45, 7) is 10.1. The second kappa shape index (κ2) is 29.6. The number of likely N-dealkylation sites (N-methyl/N-ethyl adjacent to an activating group) is 1. The van der Waals surface area contributed by atoms with E-state index in [0.29, 0.717) is 18.7 Å². The van der Waals surface area contributed by atoms with Crippen LogP contribution in [0.25, 0.3) is 0 Å². The molecule has 254 valence electrons. The Hall–Kier alpha value is -1.08. The molecule has 0 aromatic rings. The maximum absolute atomic E-state index is 13.4. The van der Waals surface area contributed by atoms with Crippen molar-refractivity contribution in [2.24, 2.45) is 11.8 Å². The highest BCUT2D eigenvalue weighted by Gasteiger charge is 2.26. The summed E-state index contributed by atoms with van der Waals surface area (Å²) in [7, 11) is 3.96. The van der Waals surface area contributed by atoms with Crippen LogP contribution in [0.2, 0.25) is 0 Å². The molecule has 0 aromatic heterocycles. The van der Waals surface area contributed by atoms with E-state index in [1.807, 2.05) is 19.0 Å². The van der Waals surface area contributed by atoms with Crippen molar-refractivity contribution in [2.45, 2.75) is 169 Å². The predicted molar refractivity (Wildman–Crippen MR) is 188 cm³/mol. The fourth-order valence-electron chi connectivity index (χ4n) is 5.52. The van der Waals surface area contributed by atoms with Gasteiger partial charge in [0.05, 0.1) is 0 Å². The molecule has 3 unspecified atom stereocenters. The quantitative estimate of drug-likeness (QED) is 0.0780.